The number of rotatable bonds is 4. The first-order chi connectivity index (χ1) is 9.65. The second-order valence-corrected chi connectivity index (χ2v) is 6.39. The van der Waals surface area contributed by atoms with Gasteiger partial charge < -0.3 is 10.7 Å². The lowest BCUT2D eigenvalue weighted by molar-refractivity contribution is 0.0929. The Kier molecular flexibility index (Phi) is 5.31. The SMILES string of the molecule is CSC1CCCCC1NC(=O)c1ccc(NN)c(C)c1. The molecule has 0 spiro atoms. The molecule has 1 aromatic carbocycles. The van der Waals surface area contributed by atoms with Crippen molar-refractivity contribution in [1.29, 1.82) is 0 Å². The standard InChI is InChI=1S/C15H23N3OS/c1-10-9-11(7-8-12(10)18-16)15(19)17-13-5-3-4-6-14(13)20-2/h7-9,13-14,18H,3-6,16H2,1-2H3,(H,17,19). The van der Waals surface area contributed by atoms with E-state index < -0.39 is 0 Å². The molecule has 4 N–H and O–H groups in total. The maximum atomic E-state index is 12.4. The first-order valence-corrected chi connectivity index (χ1v) is 8.35. The lowest BCUT2D eigenvalue weighted by atomic mass is 9.94. The number of benzene rings is 1. The van der Waals surface area contributed by atoms with Crippen LogP contribution in [0.4, 0.5) is 5.69 Å². The highest BCUT2D eigenvalue weighted by molar-refractivity contribution is 7.99. The number of nitrogen functional groups attached to an aromatic ring is 1. The second kappa shape index (κ2) is 6.99. The molecule has 2 rings (SSSR count). The zero-order chi connectivity index (χ0) is 14.5. The number of nitrogens with two attached hydrogens (primary N) is 1. The van der Waals surface area contributed by atoms with Crippen LogP contribution in [-0.4, -0.2) is 23.5 Å². The summed E-state index contributed by atoms with van der Waals surface area (Å²) in [4.78, 5) is 12.4. The number of aryl methyl sites for hydroxylation is 1. The molecule has 110 valence electrons. The number of hydrogen-bond acceptors (Lipinski definition) is 4. The molecule has 5 heteroatoms. The van der Waals surface area contributed by atoms with Gasteiger partial charge in [-0.05, 0) is 49.8 Å². The van der Waals surface area contributed by atoms with Gasteiger partial charge in [0.05, 0.1) is 5.69 Å². The van der Waals surface area contributed by atoms with Gasteiger partial charge in [0, 0.05) is 16.9 Å². The number of carbonyl (C=O) groups excluding carboxylic acids is 1. The number of amides is 1. The highest BCUT2D eigenvalue weighted by atomic mass is 32.2. The third-order valence-corrected chi connectivity index (χ3v) is 5.14. The van der Waals surface area contributed by atoms with Gasteiger partial charge in [-0.25, -0.2) is 0 Å². The Morgan fingerprint density at radius 1 is 1.35 bits per heavy atom. The first-order valence-electron chi connectivity index (χ1n) is 7.06. The van der Waals surface area contributed by atoms with Gasteiger partial charge in [0.25, 0.3) is 5.91 Å². The summed E-state index contributed by atoms with van der Waals surface area (Å²) < 4.78 is 0. The van der Waals surface area contributed by atoms with Crippen LogP contribution in [0.25, 0.3) is 0 Å². The Balaban J connectivity index is 2.05. The molecular weight excluding hydrogens is 270 g/mol. The van der Waals surface area contributed by atoms with Crippen LogP contribution in [0.5, 0.6) is 0 Å². The van der Waals surface area contributed by atoms with Crippen molar-refractivity contribution in [2.24, 2.45) is 5.84 Å². The molecule has 2 atom stereocenters. The second-order valence-electron chi connectivity index (χ2n) is 5.31. The molecule has 1 aliphatic rings. The highest BCUT2D eigenvalue weighted by Gasteiger charge is 2.26. The fourth-order valence-corrected chi connectivity index (χ4v) is 3.70. The third kappa shape index (κ3) is 3.46. The molecular formula is C15H23N3OS. The molecule has 0 aliphatic heterocycles. The van der Waals surface area contributed by atoms with Crippen LogP contribution in [0.15, 0.2) is 18.2 Å². The van der Waals surface area contributed by atoms with E-state index in [1.54, 1.807) is 0 Å². The van der Waals surface area contributed by atoms with Crippen LogP contribution in [-0.2, 0) is 0 Å². The number of hydrogen-bond donors (Lipinski definition) is 3. The van der Waals surface area contributed by atoms with E-state index in [9.17, 15) is 4.79 Å². The van der Waals surface area contributed by atoms with E-state index in [2.05, 4.69) is 17.0 Å². The number of thioether (sulfide) groups is 1. The van der Waals surface area contributed by atoms with Crippen LogP contribution in [0.1, 0.15) is 41.6 Å². The largest absolute Gasteiger partial charge is 0.348 e. The summed E-state index contributed by atoms with van der Waals surface area (Å²) in [6, 6.07) is 5.83. The van der Waals surface area contributed by atoms with E-state index in [4.69, 9.17) is 5.84 Å². The lowest BCUT2D eigenvalue weighted by Crippen LogP contribution is -2.43. The van der Waals surface area contributed by atoms with Crippen molar-refractivity contribution in [2.75, 3.05) is 11.7 Å². The maximum absolute atomic E-state index is 12.4. The van der Waals surface area contributed by atoms with Crippen LogP contribution < -0.4 is 16.6 Å². The van der Waals surface area contributed by atoms with E-state index in [0.717, 1.165) is 17.7 Å². The molecule has 0 saturated heterocycles. The molecule has 0 bridgehead atoms. The summed E-state index contributed by atoms with van der Waals surface area (Å²) in [6.45, 7) is 1.94. The van der Waals surface area contributed by atoms with Crippen LogP contribution in [0.2, 0.25) is 0 Å². The molecule has 1 aliphatic carbocycles. The average Bonchev–Trinajstić information content (AvgIpc) is 2.47. The van der Waals surface area contributed by atoms with Gasteiger partial charge in [-0.2, -0.15) is 11.8 Å². The smallest absolute Gasteiger partial charge is 0.251 e. The summed E-state index contributed by atoms with van der Waals surface area (Å²) >= 11 is 1.86. The van der Waals surface area contributed by atoms with Crippen molar-refractivity contribution in [3.05, 3.63) is 29.3 Å². The van der Waals surface area contributed by atoms with Crippen molar-refractivity contribution in [2.45, 2.75) is 43.9 Å². The molecule has 20 heavy (non-hydrogen) atoms. The summed E-state index contributed by atoms with van der Waals surface area (Å²) in [5.41, 5.74) is 5.15. The van der Waals surface area contributed by atoms with Gasteiger partial charge in [-0.3, -0.25) is 10.6 Å². The van der Waals surface area contributed by atoms with E-state index in [1.807, 2.05) is 36.9 Å². The summed E-state index contributed by atoms with van der Waals surface area (Å²) in [6.07, 6.45) is 6.88. The first kappa shape index (κ1) is 15.2. The minimum Gasteiger partial charge on any atom is -0.348 e. The molecule has 1 amide bonds. The molecule has 2 unspecified atom stereocenters. The fourth-order valence-electron chi connectivity index (χ4n) is 2.76. The van der Waals surface area contributed by atoms with Crippen LogP contribution in [0, 0.1) is 6.92 Å². The quantitative estimate of drug-likeness (QED) is 0.590. The molecule has 1 fully saturated rings. The minimum atomic E-state index is 0.0163. The zero-order valence-electron chi connectivity index (χ0n) is 12.1. The topological polar surface area (TPSA) is 67.2 Å². The van der Waals surface area contributed by atoms with Crippen molar-refractivity contribution in [1.82, 2.24) is 5.32 Å². The predicted molar refractivity (Wildman–Crippen MR) is 86.0 cm³/mol. The minimum absolute atomic E-state index is 0.0163. The number of hydrazine groups is 1. The third-order valence-electron chi connectivity index (χ3n) is 3.97. The van der Waals surface area contributed by atoms with Gasteiger partial charge in [-0.15, -0.1) is 0 Å². The fraction of sp³-hybridized carbons (Fsp3) is 0.533. The maximum Gasteiger partial charge on any atom is 0.251 e. The van der Waals surface area contributed by atoms with E-state index in [1.165, 1.54) is 19.3 Å². The van der Waals surface area contributed by atoms with Gasteiger partial charge in [-0.1, -0.05) is 12.8 Å². The summed E-state index contributed by atoms with van der Waals surface area (Å²) in [7, 11) is 0. The molecule has 0 heterocycles. The normalized spacial score (nSPS) is 22.4. The number of nitrogens with one attached hydrogen (secondary N) is 2. The average molecular weight is 293 g/mol. The van der Waals surface area contributed by atoms with Crippen molar-refractivity contribution >= 4 is 23.4 Å². The Morgan fingerprint density at radius 2 is 2.10 bits per heavy atom. The van der Waals surface area contributed by atoms with Gasteiger partial charge in [0.1, 0.15) is 0 Å². The molecule has 1 saturated carbocycles. The molecule has 4 nitrogen and oxygen atoms in total. The van der Waals surface area contributed by atoms with Crippen molar-refractivity contribution in [3.8, 4) is 0 Å². The van der Waals surface area contributed by atoms with Gasteiger partial charge in [0.2, 0.25) is 0 Å². The van der Waals surface area contributed by atoms with Crippen molar-refractivity contribution in [3.63, 3.8) is 0 Å². The van der Waals surface area contributed by atoms with Gasteiger partial charge in [0.15, 0.2) is 0 Å². The zero-order valence-corrected chi connectivity index (χ0v) is 12.9. The molecule has 0 radical (unpaired) electrons. The number of carbonyl (C=O) groups is 1. The van der Waals surface area contributed by atoms with Crippen LogP contribution >= 0.6 is 11.8 Å². The highest BCUT2D eigenvalue weighted by Crippen LogP contribution is 2.27. The summed E-state index contributed by atoms with van der Waals surface area (Å²) in [5.74, 6) is 5.43. The van der Waals surface area contributed by atoms with E-state index >= 15 is 0 Å². The molecule has 0 aromatic heterocycles. The van der Waals surface area contributed by atoms with E-state index in [0.29, 0.717) is 16.9 Å². The Hall–Kier alpha value is -1.20. The number of anilines is 1. The Bertz CT molecular complexity index is 478. The Morgan fingerprint density at radius 3 is 2.75 bits per heavy atom. The van der Waals surface area contributed by atoms with E-state index in [-0.39, 0.29) is 5.91 Å². The Labute approximate surface area is 124 Å². The van der Waals surface area contributed by atoms with Gasteiger partial charge >= 0.3 is 0 Å². The molecule has 1 aromatic rings. The monoisotopic (exact) mass is 293 g/mol. The predicted octanol–water partition coefficient (Wildman–Crippen LogP) is 2.68. The van der Waals surface area contributed by atoms with Crippen molar-refractivity contribution < 1.29 is 4.79 Å². The summed E-state index contributed by atoms with van der Waals surface area (Å²) in [5, 5.41) is 3.73. The van der Waals surface area contributed by atoms with Crippen LogP contribution in [0.3, 0.4) is 0 Å². The lowest BCUT2D eigenvalue weighted by Gasteiger charge is -2.31.